The lowest BCUT2D eigenvalue weighted by Crippen LogP contribution is -2.46. The average Bonchev–Trinajstić information content (AvgIpc) is 2.98. The van der Waals surface area contributed by atoms with Crippen LogP contribution in [0.3, 0.4) is 0 Å². The zero-order chi connectivity index (χ0) is 13.2. The van der Waals surface area contributed by atoms with E-state index in [-0.39, 0.29) is 12.1 Å². The maximum atomic E-state index is 9.39. The Morgan fingerprint density at radius 2 is 2.11 bits per heavy atom. The second-order valence-electron chi connectivity index (χ2n) is 6.92. The highest BCUT2D eigenvalue weighted by Crippen LogP contribution is 2.48. The summed E-state index contributed by atoms with van der Waals surface area (Å²) in [4.78, 5) is 2.47. The standard InChI is InChI=1S/C15H30N2O/c1-15(11-18,16-2)6-7-17(3)10-14-9-12-4-5-13(14)8-12/h12-14,16,18H,4-11H2,1-3H3. The largest absolute Gasteiger partial charge is 0.394 e. The summed E-state index contributed by atoms with van der Waals surface area (Å²) in [5.74, 6) is 3.02. The summed E-state index contributed by atoms with van der Waals surface area (Å²) in [6, 6.07) is 0. The van der Waals surface area contributed by atoms with Crippen molar-refractivity contribution < 1.29 is 5.11 Å². The van der Waals surface area contributed by atoms with Gasteiger partial charge in [-0.05, 0) is 71.0 Å². The minimum absolute atomic E-state index is 0.122. The highest BCUT2D eigenvalue weighted by Gasteiger charge is 2.39. The van der Waals surface area contributed by atoms with Gasteiger partial charge in [-0.1, -0.05) is 6.42 Å². The number of fused-ring (bicyclic) bond motifs is 2. The lowest BCUT2D eigenvalue weighted by molar-refractivity contribution is 0.148. The SMILES string of the molecule is CNC(C)(CO)CCN(C)CC1CC2CCC1C2. The van der Waals surface area contributed by atoms with Crippen LogP contribution in [0.4, 0.5) is 0 Å². The molecule has 2 aliphatic rings. The molecule has 0 saturated heterocycles. The van der Waals surface area contributed by atoms with Gasteiger partial charge in [-0.3, -0.25) is 0 Å². The first kappa shape index (κ1) is 14.3. The zero-order valence-electron chi connectivity index (χ0n) is 12.3. The summed E-state index contributed by atoms with van der Waals surface area (Å²) in [6.07, 6.45) is 6.96. The normalized spacial score (nSPS) is 34.2. The van der Waals surface area contributed by atoms with E-state index in [4.69, 9.17) is 0 Å². The fourth-order valence-corrected chi connectivity index (χ4v) is 3.81. The Balaban J connectivity index is 1.71. The molecule has 106 valence electrons. The highest BCUT2D eigenvalue weighted by atomic mass is 16.3. The molecular formula is C15H30N2O. The first-order valence-electron chi connectivity index (χ1n) is 7.54. The molecule has 0 aromatic heterocycles. The third kappa shape index (κ3) is 3.25. The van der Waals surface area contributed by atoms with Gasteiger partial charge in [0.15, 0.2) is 0 Å². The Hall–Kier alpha value is -0.120. The molecule has 0 radical (unpaired) electrons. The number of rotatable bonds is 7. The van der Waals surface area contributed by atoms with E-state index < -0.39 is 0 Å². The summed E-state index contributed by atoms with van der Waals surface area (Å²) in [5, 5.41) is 12.6. The maximum Gasteiger partial charge on any atom is 0.0610 e. The van der Waals surface area contributed by atoms with E-state index in [2.05, 4.69) is 24.2 Å². The Labute approximate surface area is 112 Å². The van der Waals surface area contributed by atoms with E-state index in [0.29, 0.717) is 0 Å². The minimum Gasteiger partial charge on any atom is -0.394 e. The number of nitrogens with one attached hydrogen (secondary N) is 1. The smallest absolute Gasteiger partial charge is 0.0610 e. The van der Waals surface area contributed by atoms with E-state index in [1.54, 1.807) is 0 Å². The van der Waals surface area contributed by atoms with Gasteiger partial charge in [0.2, 0.25) is 0 Å². The molecule has 0 aromatic carbocycles. The second kappa shape index (κ2) is 5.89. The van der Waals surface area contributed by atoms with Crippen molar-refractivity contribution in [2.45, 2.75) is 44.6 Å². The Morgan fingerprint density at radius 1 is 1.33 bits per heavy atom. The van der Waals surface area contributed by atoms with Crippen LogP contribution in [0, 0.1) is 17.8 Å². The summed E-state index contributed by atoms with van der Waals surface area (Å²) in [7, 11) is 4.17. The van der Waals surface area contributed by atoms with Gasteiger partial charge in [0.25, 0.3) is 0 Å². The molecule has 3 heteroatoms. The Morgan fingerprint density at radius 3 is 2.61 bits per heavy atom. The summed E-state index contributed by atoms with van der Waals surface area (Å²) >= 11 is 0. The molecule has 0 amide bonds. The number of hydrogen-bond donors (Lipinski definition) is 2. The number of likely N-dealkylation sites (N-methyl/N-ethyl adjacent to an activating group) is 1. The van der Waals surface area contributed by atoms with Crippen molar-refractivity contribution in [2.75, 3.05) is 33.8 Å². The minimum atomic E-state index is -0.122. The van der Waals surface area contributed by atoms with E-state index in [0.717, 1.165) is 30.7 Å². The molecule has 2 aliphatic carbocycles. The van der Waals surface area contributed by atoms with Crippen LogP contribution in [0.25, 0.3) is 0 Å². The molecule has 4 atom stereocenters. The van der Waals surface area contributed by atoms with Crippen molar-refractivity contribution in [3.8, 4) is 0 Å². The van der Waals surface area contributed by atoms with Crippen LogP contribution in [-0.4, -0.2) is 49.3 Å². The number of aliphatic hydroxyl groups is 1. The van der Waals surface area contributed by atoms with Gasteiger partial charge < -0.3 is 15.3 Å². The van der Waals surface area contributed by atoms with Gasteiger partial charge in [-0.15, -0.1) is 0 Å². The van der Waals surface area contributed by atoms with Gasteiger partial charge in [0.05, 0.1) is 6.61 Å². The van der Waals surface area contributed by atoms with Gasteiger partial charge in [-0.2, -0.15) is 0 Å². The molecule has 2 saturated carbocycles. The molecule has 0 aliphatic heterocycles. The maximum absolute atomic E-state index is 9.39. The molecular weight excluding hydrogens is 224 g/mol. The van der Waals surface area contributed by atoms with E-state index in [1.165, 1.54) is 32.2 Å². The lowest BCUT2D eigenvalue weighted by atomic mass is 9.88. The van der Waals surface area contributed by atoms with Crippen molar-refractivity contribution in [1.82, 2.24) is 10.2 Å². The fourth-order valence-electron chi connectivity index (χ4n) is 3.81. The zero-order valence-corrected chi connectivity index (χ0v) is 12.3. The van der Waals surface area contributed by atoms with E-state index in [9.17, 15) is 5.11 Å². The Kier molecular flexibility index (Phi) is 4.68. The van der Waals surface area contributed by atoms with Crippen LogP contribution in [-0.2, 0) is 0 Å². The highest BCUT2D eigenvalue weighted by molar-refractivity contribution is 4.91. The molecule has 0 aromatic rings. The van der Waals surface area contributed by atoms with Crippen molar-refractivity contribution in [3.05, 3.63) is 0 Å². The molecule has 0 heterocycles. The summed E-state index contributed by atoms with van der Waals surface area (Å²) in [5.41, 5.74) is -0.122. The van der Waals surface area contributed by atoms with Crippen LogP contribution in [0.1, 0.15) is 39.0 Å². The first-order valence-corrected chi connectivity index (χ1v) is 7.54. The van der Waals surface area contributed by atoms with Crippen molar-refractivity contribution in [2.24, 2.45) is 17.8 Å². The van der Waals surface area contributed by atoms with E-state index in [1.807, 2.05) is 7.05 Å². The van der Waals surface area contributed by atoms with Gasteiger partial charge in [0.1, 0.15) is 0 Å². The predicted octanol–water partition coefficient (Wildman–Crippen LogP) is 1.71. The lowest BCUT2D eigenvalue weighted by Gasteiger charge is -2.31. The number of aliphatic hydroxyl groups excluding tert-OH is 1. The summed E-state index contributed by atoms with van der Waals surface area (Å²) in [6.45, 7) is 4.64. The topological polar surface area (TPSA) is 35.5 Å². The molecule has 18 heavy (non-hydrogen) atoms. The van der Waals surface area contributed by atoms with Crippen molar-refractivity contribution >= 4 is 0 Å². The fraction of sp³-hybridized carbons (Fsp3) is 1.00. The van der Waals surface area contributed by atoms with Crippen molar-refractivity contribution in [1.29, 1.82) is 0 Å². The Bertz CT molecular complexity index is 265. The van der Waals surface area contributed by atoms with Crippen LogP contribution in [0.2, 0.25) is 0 Å². The molecule has 4 unspecified atom stereocenters. The van der Waals surface area contributed by atoms with Gasteiger partial charge in [-0.25, -0.2) is 0 Å². The molecule has 2 fully saturated rings. The average molecular weight is 254 g/mol. The quantitative estimate of drug-likeness (QED) is 0.726. The predicted molar refractivity (Wildman–Crippen MR) is 75.6 cm³/mol. The second-order valence-corrected chi connectivity index (χ2v) is 6.92. The third-order valence-corrected chi connectivity index (χ3v) is 5.43. The van der Waals surface area contributed by atoms with Crippen LogP contribution >= 0.6 is 0 Å². The van der Waals surface area contributed by atoms with Crippen molar-refractivity contribution in [3.63, 3.8) is 0 Å². The number of hydrogen-bond acceptors (Lipinski definition) is 3. The summed E-state index contributed by atoms with van der Waals surface area (Å²) < 4.78 is 0. The molecule has 2 bridgehead atoms. The first-order chi connectivity index (χ1) is 8.56. The van der Waals surface area contributed by atoms with Gasteiger partial charge in [0, 0.05) is 12.1 Å². The molecule has 3 nitrogen and oxygen atoms in total. The molecule has 0 spiro atoms. The van der Waals surface area contributed by atoms with Crippen LogP contribution < -0.4 is 5.32 Å². The van der Waals surface area contributed by atoms with Gasteiger partial charge >= 0.3 is 0 Å². The van der Waals surface area contributed by atoms with E-state index >= 15 is 0 Å². The monoisotopic (exact) mass is 254 g/mol. The van der Waals surface area contributed by atoms with Crippen LogP contribution in [0.5, 0.6) is 0 Å². The number of nitrogens with zero attached hydrogens (tertiary/aromatic N) is 1. The third-order valence-electron chi connectivity index (χ3n) is 5.43. The molecule has 2 N–H and O–H groups in total. The molecule has 2 rings (SSSR count). The van der Waals surface area contributed by atoms with Crippen LogP contribution in [0.15, 0.2) is 0 Å².